The lowest BCUT2D eigenvalue weighted by Crippen LogP contribution is -2.31. The number of nitrogens with zero attached hydrogens (tertiary/aromatic N) is 1. The molecule has 1 unspecified atom stereocenters. The van der Waals surface area contributed by atoms with Gasteiger partial charge in [0, 0.05) is 17.1 Å². The Balaban J connectivity index is 2.29. The fourth-order valence-electron chi connectivity index (χ4n) is 2.09. The lowest BCUT2D eigenvalue weighted by atomic mass is 10.1. The summed E-state index contributed by atoms with van der Waals surface area (Å²) in [5.41, 5.74) is 7.73. The number of nitrogens with two attached hydrogens (primary N) is 1. The number of nitrogen functional groups attached to an aromatic ring is 1. The van der Waals surface area contributed by atoms with E-state index in [0.717, 1.165) is 41.6 Å². The molecule has 2 rings (SSSR count). The van der Waals surface area contributed by atoms with Gasteiger partial charge >= 0.3 is 0 Å². The molecular formula is C16H23N3OS. The molecule has 1 amide bonds. The molecule has 1 atom stereocenters. The highest BCUT2D eigenvalue weighted by atomic mass is 32.1. The van der Waals surface area contributed by atoms with Crippen LogP contribution < -0.4 is 11.1 Å². The smallest absolute Gasteiger partial charge is 0.263 e. The van der Waals surface area contributed by atoms with Crippen LogP contribution in [0.1, 0.15) is 55.4 Å². The van der Waals surface area contributed by atoms with Crippen LogP contribution in [0.25, 0.3) is 10.2 Å². The number of fused-ring (bicyclic) bond motifs is 1. The molecule has 0 aliphatic heterocycles. The van der Waals surface area contributed by atoms with E-state index < -0.39 is 0 Å². The lowest BCUT2D eigenvalue weighted by Gasteiger charge is -2.10. The van der Waals surface area contributed by atoms with E-state index in [9.17, 15) is 4.79 Å². The van der Waals surface area contributed by atoms with Crippen molar-refractivity contribution in [3.05, 3.63) is 22.7 Å². The Morgan fingerprint density at radius 2 is 2.19 bits per heavy atom. The molecule has 0 aromatic carbocycles. The summed E-state index contributed by atoms with van der Waals surface area (Å²) < 4.78 is 0. The van der Waals surface area contributed by atoms with Crippen LogP contribution in [-0.2, 0) is 6.42 Å². The Bertz CT molecular complexity index is 636. The largest absolute Gasteiger partial charge is 0.397 e. The summed E-state index contributed by atoms with van der Waals surface area (Å²) >= 11 is 1.38. The average Bonchev–Trinajstić information content (AvgIpc) is 2.81. The highest BCUT2D eigenvalue weighted by Gasteiger charge is 2.18. The zero-order chi connectivity index (χ0) is 15.4. The topological polar surface area (TPSA) is 68.0 Å². The molecule has 2 heterocycles. The predicted molar refractivity (Wildman–Crippen MR) is 89.9 cm³/mol. The van der Waals surface area contributed by atoms with Crippen molar-refractivity contribution >= 4 is 33.1 Å². The van der Waals surface area contributed by atoms with Crippen LogP contribution in [0.3, 0.4) is 0 Å². The van der Waals surface area contributed by atoms with Gasteiger partial charge in [0.15, 0.2) is 0 Å². The maximum absolute atomic E-state index is 12.3. The van der Waals surface area contributed by atoms with Crippen molar-refractivity contribution in [2.24, 2.45) is 0 Å². The zero-order valence-electron chi connectivity index (χ0n) is 12.9. The van der Waals surface area contributed by atoms with Gasteiger partial charge in [0.25, 0.3) is 5.91 Å². The van der Waals surface area contributed by atoms with Crippen molar-refractivity contribution in [2.45, 2.75) is 52.5 Å². The number of carbonyl (C=O) groups is 1. The van der Waals surface area contributed by atoms with Gasteiger partial charge in [0.05, 0.1) is 5.69 Å². The van der Waals surface area contributed by atoms with Gasteiger partial charge in [-0.05, 0) is 38.3 Å². The molecule has 5 heteroatoms. The fraction of sp³-hybridized carbons (Fsp3) is 0.500. The number of amides is 1. The second kappa shape index (κ2) is 6.89. The van der Waals surface area contributed by atoms with E-state index in [2.05, 4.69) is 17.2 Å². The first-order valence-electron chi connectivity index (χ1n) is 7.55. The molecular weight excluding hydrogens is 282 g/mol. The van der Waals surface area contributed by atoms with Crippen molar-refractivity contribution < 1.29 is 4.79 Å². The van der Waals surface area contributed by atoms with E-state index in [0.29, 0.717) is 10.6 Å². The third-order valence-electron chi connectivity index (χ3n) is 3.63. The van der Waals surface area contributed by atoms with Gasteiger partial charge in [0.1, 0.15) is 9.71 Å². The number of aromatic nitrogens is 1. The number of rotatable bonds is 6. The fourth-order valence-corrected chi connectivity index (χ4v) is 3.11. The molecule has 3 N–H and O–H groups in total. The number of thiophene rings is 1. The number of aryl methyl sites for hydroxylation is 1. The third kappa shape index (κ3) is 3.53. The second-order valence-corrected chi connectivity index (χ2v) is 6.39. The number of nitrogens with one attached hydrogen (secondary N) is 1. The van der Waals surface area contributed by atoms with Crippen LogP contribution in [0, 0.1) is 0 Å². The molecule has 0 aliphatic carbocycles. The number of anilines is 1. The third-order valence-corrected chi connectivity index (χ3v) is 4.75. The average molecular weight is 305 g/mol. The van der Waals surface area contributed by atoms with Gasteiger partial charge in [-0.3, -0.25) is 4.79 Å². The van der Waals surface area contributed by atoms with E-state index in [1.807, 2.05) is 26.0 Å². The molecule has 0 fully saturated rings. The molecule has 0 spiro atoms. The number of hydrogen-bond acceptors (Lipinski definition) is 4. The standard InChI is InChI=1S/C16H23N3OS/c1-4-6-7-11-8-9-12-13(17)14(21-16(12)19-11)15(20)18-10(3)5-2/h8-10H,4-7,17H2,1-3H3,(H,18,20). The monoisotopic (exact) mass is 305 g/mol. The number of carbonyl (C=O) groups excluding carboxylic acids is 1. The van der Waals surface area contributed by atoms with Crippen molar-refractivity contribution in [3.8, 4) is 0 Å². The molecule has 0 saturated heterocycles. The number of hydrogen-bond donors (Lipinski definition) is 2. The lowest BCUT2D eigenvalue weighted by molar-refractivity contribution is 0.0944. The Morgan fingerprint density at radius 3 is 2.86 bits per heavy atom. The molecule has 0 radical (unpaired) electrons. The summed E-state index contributed by atoms with van der Waals surface area (Å²) in [5, 5.41) is 3.84. The SMILES string of the molecule is CCCCc1ccc2c(N)c(C(=O)NC(C)CC)sc2n1. The zero-order valence-corrected chi connectivity index (χ0v) is 13.7. The van der Waals surface area contributed by atoms with Crippen molar-refractivity contribution in [1.82, 2.24) is 10.3 Å². The maximum Gasteiger partial charge on any atom is 0.263 e. The second-order valence-electron chi connectivity index (χ2n) is 5.39. The molecule has 2 aromatic rings. The minimum atomic E-state index is -0.0973. The Labute approximate surface area is 129 Å². The summed E-state index contributed by atoms with van der Waals surface area (Å²) in [5.74, 6) is -0.0973. The predicted octanol–water partition coefficient (Wildman–Crippen LogP) is 3.75. The van der Waals surface area contributed by atoms with Crippen molar-refractivity contribution in [3.63, 3.8) is 0 Å². The van der Waals surface area contributed by atoms with Crippen LogP contribution in [-0.4, -0.2) is 16.9 Å². The summed E-state index contributed by atoms with van der Waals surface area (Å²) in [4.78, 5) is 18.3. The van der Waals surface area contributed by atoms with Crippen LogP contribution in [0.5, 0.6) is 0 Å². The van der Waals surface area contributed by atoms with Gasteiger partial charge in [-0.2, -0.15) is 0 Å². The highest BCUT2D eigenvalue weighted by molar-refractivity contribution is 7.21. The van der Waals surface area contributed by atoms with Gasteiger partial charge in [-0.1, -0.05) is 20.3 Å². The molecule has 0 aliphatic rings. The highest BCUT2D eigenvalue weighted by Crippen LogP contribution is 2.32. The van der Waals surface area contributed by atoms with Gasteiger partial charge in [0.2, 0.25) is 0 Å². The van der Waals surface area contributed by atoms with Gasteiger partial charge in [-0.15, -0.1) is 11.3 Å². The molecule has 2 aromatic heterocycles. The number of pyridine rings is 1. The quantitative estimate of drug-likeness (QED) is 0.854. The normalized spacial score (nSPS) is 12.5. The Hall–Kier alpha value is -1.62. The molecule has 114 valence electrons. The summed E-state index contributed by atoms with van der Waals surface area (Å²) in [7, 11) is 0. The van der Waals surface area contributed by atoms with Crippen LogP contribution in [0.15, 0.2) is 12.1 Å². The minimum absolute atomic E-state index is 0.0973. The maximum atomic E-state index is 12.3. The van der Waals surface area contributed by atoms with Gasteiger partial charge in [-0.25, -0.2) is 4.98 Å². The first-order valence-corrected chi connectivity index (χ1v) is 8.37. The van der Waals surface area contributed by atoms with E-state index in [1.165, 1.54) is 11.3 Å². The van der Waals surface area contributed by atoms with Gasteiger partial charge < -0.3 is 11.1 Å². The van der Waals surface area contributed by atoms with E-state index in [-0.39, 0.29) is 11.9 Å². The van der Waals surface area contributed by atoms with Crippen LogP contribution in [0.2, 0.25) is 0 Å². The molecule has 4 nitrogen and oxygen atoms in total. The molecule has 0 saturated carbocycles. The minimum Gasteiger partial charge on any atom is -0.397 e. The van der Waals surface area contributed by atoms with E-state index in [1.54, 1.807) is 0 Å². The molecule has 21 heavy (non-hydrogen) atoms. The number of unbranched alkanes of at least 4 members (excludes halogenated alkanes) is 1. The summed E-state index contributed by atoms with van der Waals surface area (Å²) in [6.07, 6.45) is 4.14. The van der Waals surface area contributed by atoms with Crippen molar-refractivity contribution in [1.29, 1.82) is 0 Å². The van der Waals surface area contributed by atoms with E-state index in [4.69, 9.17) is 5.73 Å². The van der Waals surface area contributed by atoms with Crippen LogP contribution in [0.4, 0.5) is 5.69 Å². The summed E-state index contributed by atoms with van der Waals surface area (Å²) in [6, 6.07) is 4.14. The van der Waals surface area contributed by atoms with E-state index >= 15 is 0 Å². The first kappa shape index (κ1) is 15.8. The summed E-state index contributed by atoms with van der Waals surface area (Å²) in [6.45, 7) is 6.20. The Morgan fingerprint density at radius 1 is 1.43 bits per heavy atom. The van der Waals surface area contributed by atoms with Crippen molar-refractivity contribution in [2.75, 3.05) is 5.73 Å². The Kier molecular flexibility index (Phi) is 5.17. The van der Waals surface area contributed by atoms with Crippen LogP contribution >= 0.6 is 11.3 Å². The first-order chi connectivity index (χ1) is 10.1. The molecule has 0 bridgehead atoms.